The van der Waals surface area contributed by atoms with E-state index in [-0.39, 0.29) is 11.7 Å². The molecule has 0 bridgehead atoms. The minimum absolute atomic E-state index is 0.227. The summed E-state index contributed by atoms with van der Waals surface area (Å²) in [6.45, 7) is 1.34. The first-order valence-corrected chi connectivity index (χ1v) is 4.91. The van der Waals surface area contributed by atoms with E-state index in [0.717, 1.165) is 5.56 Å². The average molecular weight is 221 g/mol. The summed E-state index contributed by atoms with van der Waals surface area (Å²) < 4.78 is 4.79. The molecule has 0 spiro atoms. The molecule has 1 N–H and O–H groups in total. The van der Waals surface area contributed by atoms with Crippen LogP contribution in [0.15, 0.2) is 24.3 Å². The van der Waals surface area contributed by atoms with Crippen molar-refractivity contribution in [2.24, 2.45) is 0 Å². The Bertz CT molecular complexity index is 430. The third-order valence-electron chi connectivity index (χ3n) is 2.39. The highest BCUT2D eigenvalue weighted by atomic mass is 16.6. The lowest BCUT2D eigenvalue weighted by Gasteiger charge is -2.12. The molecule has 1 aromatic carbocycles. The highest BCUT2D eigenvalue weighted by Gasteiger charge is 2.21. The number of ether oxygens (including phenoxy) is 1. The van der Waals surface area contributed by atoms with Crippen molar-refractivity contribution in [1.82, 2.24) is 4.90 Å². The lowest BCUT2D eigenvalue weighted by atomic mass is 10.1. The first-order chi connectivity index (χ1) is 7.66. The summed E-state index contributed by atoms with van der Waals surface area (Å²) in [5.74, 6) is -0.967. The number of hydrogen-bond donors (Lipinski definition) is 1. The first-order valence-electron chi connectivity index (χ1n) is 4.91. The van der Waals surface area contributed by atoms with Crippen molar-refractivity contribution < 1.29 is 19.4 Å². The summed E-state index contributed by atoms with van der Waals surface area (Å²) >= 11 is 0. The molecule has 0 unspecified atom stereocenters. The van der Waals surface area contributed by atoms with E-state index < -0.39 is 5.97 Å². The van der Waals surface area contributed by atoms with Crippen LogP contribution in [-0.4, -0.2) is 35.2 Å². The molecule has 1 amide bonds. The number of rotatable bonds is 3. The molecule has 16 heavy (non-hydrogen) atoms. The van der Waals surface area contributed by atoms with Gasteiger partial charge < -0.3 is 14.7 Å². The maximum atomic E-state index is 11.2. The normalized spacial score (nSPS) is 15.0. The summed E-state index contributed by atoms with van der Waals surface area (Å²) in [7, 11) is 0. The zero-order chi connectivity index (χ0) is 11.5. The van der Waals surface area contributed by atoms with Crippen molar-refractivity contribution >= 4 is 12.1 Å². The van der Waals surface area contributed by atoms with Gasteiger partial charge in [-0.3, -0.25) is 0 Å². The molecule has 1 fully saturated rings. The van der Waals surface area contributed by atoms with Gasteiger partial charge in [0.25, 0.3) is 0 Å². The predicted molar refractivity (Wildman–Crippen MR) is 55.2 cm³/mol. The smallest absolute Gasteiger partial charge is 0.410 e. The Hall–Kier alpha value is -2.04. The van der Waals surface area contributed by atoms with Gasteiger partial charge in [-0.25, -0.2) is 9.59 Å². The fourth-order valence-electron chi connectivity index (χ4n) is 1.59. The third-order valence-corrected chi connectivity index (χ3v) is 2.39. The van der Waals surface area contributed by atoms with Crippen molar-refractivity contribution in [3.8, 4) is 0 Å². The quantitative estimate of drug-likeness (QED) is 0.836. The second-order valence-corrected chi connectivity index (χ2v) is 3.54. The highest BCUT2D eigenvalue weighted by Crippen LogP contribution is 2.12. The number of nitrogens with zero attached hydrogens (tertiary/aromatic N) is 1. The van der Waals surface area contributed by atoms with E-state index in [4.69, 9.17) is 9.84 Å². The Morgan fingerprint density at radius 3 is 2.94 bits per heavy atom. The minimum atomic E-state index is -0.967. The standard InChI is InChI=1S/C11H11NO4/c13-10(14)9-3-1-2-8(6-9)7-12-4-5-16-11(12)15/h1-3,6H,4-5,7H2,(H,13,14). The van der Waals surface area contributed by atoms with Crippen molar-refractivity contribution in [2.45, 2.75) is 6.54 Å². The molecule has 1 heterocycles. The second-order valence-electron chi connectivity index (χ2n) is 3.54. The van der Waals surface area contributed by atoms with Crippen molar-refractivity contribution in [1.29, 1.82) is 0 Å². The predicted octanol–water partition coefficient (Wildman–Crippen LogP) is 1.34. The van der Waals surface area contributed by atoms with Crippen LogP contribution >= 0.6 is 0 Å². The number of carbonyl (C=O) groups excluding carboxylic acids is 1. The summed E-state index contributed by atoms with van der Waals surface area (Å²) in [6, 6.07) is 6.54. The van der Waals surface area contributed by atoms with Crippen molar-refractivity contribution in [3.05, 3.63) is 35.4 Å². The molecule has 2 rings (SSSR count). The van der Waals surface area contributed by atoms with Gasteiger partial charge in [0.2, 0.25) is 0 Å². The number of aromatic carboxylic acids is 1. The average Bonchev–Trinajstić information content (AvgIpc) is 2.65. The Balaban J connectivity index is 2.12. The molecule has 1 saturated heterocycles. The number of carbonyl (C=O) groups is 2. The van der Waals surface area contributed by atoms with Gasteiger partial charge in [-0.15, -0.1) is 0 Å². The Morgan fingerprint density at radius 2 is 2.31 bits per heavy atom. The van der Waals surface area contributed by atoms with Gasteiger partial charge >= 0.3 is 12.1 Å². The van der Waals surface area contributed by atoms with Gasteiger partial charge in [0, 0.05) is 6.54 Å². The molecule has 0 atom stereocenters. The van der Waals surface area contributed by atoms with Crippen LogP contribution in [0.2, 0.25) is 0 Å². The monoisotopic (exact) mass is 221 g/mol. The van der Waals surface area contributed by atoms with Gasteiger partial charge in [-0.1, -0.05) is 12.1 Å². The molecule has 0 aliphatic carbocycles. The lowest BCUT2D eigenvalue weighted by molar-refractivity contribution is 0.0696. The number of hydrogen-bond acceptors (Lipinski definition) is 3. The second kappa shape index (κ2) is 4.22. The van der Waals surface area contributed by atoms with Crippen LogP contribution in [0.5, 0.6) is 0 Å². The third kappa shape index (κ3) is 2.13. The Morgan fingerprint density at radius 1 is 1.50 bits per heavy atom. The van der Waals surface area contributed by atoms with Gasteiger partial charge in [-0.2, -0.15) is 0 Å². The van der Waals surface area contributed by atoms with Crippen LogP contribution in [0.4, 0.5) is 4.79 Å². The summed E-state index contributed by atoms with van der Waals surface area (Å²) in [5, 5.41) is 8.82. The number of amides is 1. The molecule has 1 aliphatic heterocycles. The van der Waals surface area contributed by atoms with Crippen molar-refractivity contribution in [2.75, 3.05) is 13.2 Å². The lowest BCUT2D eigenvalue weighted by Crippen LogP contribution is -2.23. The van der Waals surface area contributed by atoms with Crippen LogP contribution in [0.25, 0.3) is 0 Å². The van der Waals surface area contributed by atoms with Crippen LogP contribution < -0.4 is 0 Å². The molecular formula is C11H11NO4. The highest BCUT2D eigenvalue weighted by molar-refractivity contribution is 5.87. The zero-order valence-corrected chi connectivity index (χ0v) is 8.55. The van der Waals surface area contributed by atoms with E-state index in [9.17, 15) is 9.59 Å². The van der Waals surface area contributed by atoms with Gasteiger partial charge in [0.15, 0.2) is 0 Å². The molecular weight excluding hydrogens is 210 g/mol. The van der Waals surface area contributed by atoms with Crippen molar-refractivity contribution in [3.63, 3.8) is 0 Å². The van der Waals surface area contributed by atoms with Crippen LogP contribution in [0.3, 0.4) is 0 Å². The molecule has 0 aromatic heterocycles. The molecule has 1 aliphatic rings. The number of carboxylic acid groups (broad SMARTS) is 1. The van der Waals surface area contributed by atoms with Crippen LogP contribution in [0, 0.1) is 0 Å². The van der Waals surface area contributed by atoms with Gasteiger partial charge in [0.05, 0.1) is 12.1 Å². The zero-order valence-electron chi connectivity index (χ0n) is 8.55. The summed E-state index contributed by atoms with van der Waals surface area (Å²) in [6.07, 6.45) is -0.347. The van der Waals surface area contributed by atoms with E-state index in [0.29, 0.717) is 19.7 Å². The molecule has 84 valence electrons. The van der Waals surface area contributed by atoms with Crippen LogP contribution in [0.1, 0.15) is 15.9 Å². The summed E-state index contributed by atoms with van der Waals surface area (Å²) in [5.41, 5.74) is 1.02. The largest absolute Gasteiger partial charge is 0.478 e. The molecule has 5 heteroatoms. The fraction of sp³-hybridized carbons (Fsp3) is 0.273. The maximum Gasteiger partial charge on any atom is 0.410 e. The minimum Gasteiger partial charge on any atom is -0.478 e. The Kier molecular flexibility index (Phi) is 2.76. The topological polar surface area (TPSA) is 66.8 Å². The van der Waals surface area contributed by atoms with E-state index in [1.165, 1.54) is 6.07 Å². The van der Waals surface area contributed by atoms with E-state index in [2.05, 4.69) is 0 Å². The SMILES string of the molecule is O=C(O)c1cccc(CN2CCOC2=O)c1. The van der Waals surface area contributed by atoms with Crippen LogP contribution in [-0.2, 0) is 11.3 Å². The number of carboxylic acids is 1. The molecule has 0 radical (unpaired) electrons. The first kappa shape index (κ1) is 10.5. The molecule has 5 nitrogen and oxygen atoms in total. The fourth-order valence-corrected chi connectivity index (χ4v) is 1.59. The number of benzene rings is 1. The van der Waals surface area contributed by atoms with E-state index >= 15 is 0 Å². The maximum absolute atomic E-state index is 11.2. The number of cyclic esters (lactones) is 1. The Labute approximate surface area is 92.2 Å². The van der Waals surface area contributed by atoms with Gasteiger partial charge in [0.1, 0.15) is 6.61 Å². The summed E-state index contributed by atoms with van der Waals surface area (Å²) in [4.78, 5) is 23.5. The van der Waals surface area contributed by atoms with Gasteiger partial charge in [-0.05, 0) is 17.7 Å². The molecule has 0 saturated carbocycles. The van der Waals surface area contributed by atoms with E-state index in [1.807, 2.05) is 0 Å². The van der Waals surface area contributed by atoms with E-state index in [1.54, 1.807) is 23.1 Å². The molecule has 1 aromatic rings.